The lowest BCUT2D eigenvalue weighted by Gasteiger charge is -1.93. The fraction of sp³-hybridized carbons (Fsp3) is 0.167. The van der Waals surface area contributed by atoms with Gasteiger partial charge in [-0.3, -0.25) is 0 Å². The maximum atomic E-state index is 3.78. The summed E-state index contributed by atoms with van der Waals surface area (Å²) in [5.41, 5.74) is 4.90. The largest absolute Gasteiger partial charge is 0.355 e. The van der Waals surface area contributed by atoms with Crippen molar-refractivity contribution in [2.75, 3.05) is 0 Å². The quantitative estimate of drug-likeness (QED) is 0.676. The third kappa shape index (κ3) is 1.17. The molecule has 0 spiro atoms. The van der Waals surface area contributed by atoms with E-state index in [2.05, 4.69) is 43.6 Å². The van der Waals surface area contributed by atoms with Crippen molar-refractivity contribution in [3.05, 3.63) is 41.6 Å². The van der Waals surface area contributed by atoms with Gasteiger partial charge in [-0.15, -0.1) is 0 Å². The standard InChI is InChI=1S/C12H13N/c1-4-11-9(3)10-7-8(2)5-6-12(10)13-11/h4-7,13H,1H2,2-3H3. The number of aromatic nitrogens is 1. The molecule has 0 aliphatic heterocycles. The highest BCUT2D eigenvalue weighted by Gasteiger charge is 2.03. The molecular formula is C12H13N. The van der Waals surface area contributed by atoms with Gasteiger partial charge in [-0.1, -0.05) is 18.2 Å². The van der Waals surface area contributed by atoms with Gasteiger partial charge in [0.2, 0.25) is 0 Å². The van der Waals surface area contributed by atoms with Crippen molar-refractivity contribution in [1.82, 2.24) is 4.98 Å². The minimum atomic E-state index is 1.13. The van der Waals surface area contributed by atoms with Crippen molar-refractivity contribution in [3.8, 4) is 0 Å². The number of aromatic amines is 1. The molecule has 2 rings (SSSR count). The second kappa shape index (κ2) is 2.77. The molecule has 66 valence electrons. The molecule has 0 aliphatic rings. The minimum absolute atomic E-state index is 1.13. The zero-order chi connectivity index (χ0) is 9.42. The van der Waals surface area contributed by atoms with Gasteiger partial charge < -0.3 is 4.98 Å². The van der Waals surface area contributed by atoms with E-state index in [-0.39, 0.29) is 0 Å². The highest BCUT2D eigenvalue weighted by molar-refractivity contribution is 5.87. The summed E-state index contributed by atoms with van der Waals surface area (Å²) in [5, 5.41) is 1.30. The first-order valence-corrected chi connectivity index (χ1v) is 4.43. The van der Waals surface area contributed by atoms with Crippen molar-refractivity contribution in [2.24, 2.45) is 0 Å². The van der Waals surface area contributed by atoms with Crippen LogP contribution >= 0.6 is 0 Å². The summed E-state index contributed by atoms with van der Waals surface area (Å²) in [7, 11) is 0. The van der Waals surface area contributed by atoms with Crippen LogP contribution in [0.1, 0.15) is 16.8 Å². The normalized spacial score (nSPS) is 10.6. The van der Waals surface area contributed by atoms with Gasteiger partial charge in [-0.25, -0.2) is 0 Å². The summed E-state index contributed by atoms with van der Waals surface area (Å²) in [4.78, 5) is 3.32. The summed E-state index contributed by atoms with van der Waals surface area (Å²) in [6.45, 7) is 8.01. The predicted octanol–water partition coefficient (Wildman–Crippen LogP) is 3.43. The molecule has 0 unspecified atom stereocenters. The van der Waals surface area contributed by atoms with E-state index in [0.717, 1.165) is 5.69 Å². The van der Waals surface area contributed by atoms with Crippen LogP contribution in [0.25, 0.3) is 17.0 Å². The second-order valence-electron chi connectivity index (χ2n) is 3.42. The zero-order valence-electron chi connectivity index (χ0n) is 8.02. The monoisotopic (exact) mass is 171 g/mol. The van der Waals surface area contributed by atoms with Gasteiger partial charge in [0, 0.05) is 16.6 Å². The van der Waals surface area contributed by atoms with E-state index in [1.54, 1.807) is 0 Å². The summed E-state index contributed by atoms with van der Waals surface area (Å²) in [6, 6.07) is 6.43. The van der Waals surface area contributed by atoms with Crippen molar-refractivity contribution in [2.45, 2.75) is 13.8 Å². The Bertz CT molecular complexity index is 463. The van der Waals surface area contributed by atoms with E-state index in [4.69, 9.17) is 0 Å². The molecular weight excluding hydrogens is 158 g/mol. The Morgan fingerprint density at radius 2 is 2.08 bits per heavy atom. The number of benzene rings is 1. The summed E-state index contributed by atoms with van der Waals surface area (Å²) < 4.78 is 0. The molecule has 0 aliphatic carbocycles. The van der Waals surface area contributed by atoms with E-state index in [1.165, 1.54) is 22.0 Å². The van der Waals surface area contributed by atoms with Crippen LogP contribution in [0.3, 0.4) is 0 Å². The highest BCUT2D eigenvalue weighted by atomic mass is 14.7. The van der Waals surface area contributed by atoms with Crippen molar-refractivity contribution >= 4 is 17.0 Å². The smallest absolute Gasteiger partial charge is 0.0461 e. The topological polar surface area (TPSA) is 15.8 Å². The summed E-state index contributed by atoms with van der Waals surface area (Å²) in [6.07, 6.45) is 1.87. The average Bonchev–Trinajstić information content (AvgIpc) is 2.44. The molecule has 0 saturated heterocycles. The fourth-order valence-corrected chi connectivity index (χ4v) is 1.67. The lowest BCUT2D eigenvalue weighted by atomic mass is 10.1. The molecule has 1 nitrogen and oxygen atoms in total. The number of aryl methyl sites for hydroxylation is 2. The molecule has 1 aromatic heterocycles. The fourth-order valence-electron chi connectivity index (χ4n) is 1.67. The Kier molecular flexibility index (Phi) is 1.73. The number of hydrogen-bond acceptors (Lipinski definition) is 0. The summed E-state index contributed by atoms with van der Waals surface area (Å²) in [5.74, 6) is 0. The van der Waals surface area contributed by atoms with Crippen LogP contribution in [0.2, 0.25) is 0 Å². The minimum Gasteiger partial charge on any atom is -0.355 e. The van der Waals surface area contributed by atoms with E-state index >= 15 is 0 Å². The maximum absolute atomic E-state index is 3.78. The lowest BCUT2D eigenvalue weighted by Crippen LogP contribution is -1.73. The summed E-state index contributed by atoms with van der Waals surface area (Å²) >= 11 is 0. The zero-order valence-corrected chi connectivity index (χ0v) is 8.02. The molecule has 1 aromatic carbocycles. The van der Waals surface area contributed by atoms with Crippen molar-refractivity contribution in [1.29, 1.82) is 0 Å². The van der Waals surface area contributed by atoms with Crippen LogP contribution in [-0.4, -0.2) is 4.98 Å². The van der Waals surface area contributed by atoms with Gasteiger partial charge in [0.25, 0.3) is 0 Å². The molecule has 0 fully saturated rings. The highest BCUT2D eigenvalue weighted by Crippen LogP contribution is 2.23. The molecule has 0 atom stereocenters. The Hall–Kier alpha value is -1.50. The molecule has 0 radical (unpaired) electrons. The maximum Gasteiger partial charge on any atom is 0.0461 e. The number of H-pyrrole nitrogens is 1. The Balaban J connectivity index is 2.84. The van der Waals surface area contributed by atoms with Gasteiger partial charge in [0.15, 0.2) is 0 Å². The first-order chi connectivity index (χ1) is 6.22. The first-order valence-electron chi connectivity index (χ1n) is 4.43. The molecule has 13 heavy (non-hydrogen) atoms. The number of hydrogen-bond donors (Lipinski definition) is 1. The predicted molar refractivity (Wildman–Crippen MR) is 57.9 cm³/mol. The molecule has 0 saturated carbocycles. The third-order valence-electron chi connectivity index (χ3n) is 2.46. The molecule has 0 bridgehead atoms. The van der Waals surface area contributed by atoms with Gasteiger partial charge in [-0.05, 0) is 37.6 Å². The Labute approximate surface area is 78.1 Å². The average molecular weight is 171 g/mol. The Morgan fingerprint density at radius 3 is 2.77 bits per heavy atom. The van der Waals surface area contributed by atoms with Crippen molar-refractivity contribution < 1.29 is 0 Å². The molecule has 2 aromatic rings. The first kappa shape index (κ1) is 8.11. The Morgan fingerprint density at radius 1 is 1.31 bits per heavy atom. The van der Waals surface area contributed by atoms with Gasteiger partial charge in [-0.2, -0.15) is 0 Å². The lowest BCUT2D eigenvalue weighted by molar-refractivity contribution is 1.38. The van der Waals surface area contributed by atoms with Gasteiger partial charge in [0.05, 0.1) is 0 Å². The van der Waals surface area contributed by atoms with E-state index in [0.29, 0.717) is 0 Å². The molecule has 1 N–H and O–H groups in total. The second-order valence-corrected chi connectivity index (χ2v) is 3.42. The van der Waals surface area contributed by atoms with E-state index in [1.807, 2.05) is 6.08 Å². The SMILES string of the molecule is C=Cc1[nH]c2ccc(C)cc2c1C. The van der Waals surface area contributed by atoms with Gasteiger partial charge in [0.1, 0.15) is 0 Å². The molecule has 1 heterocycles. The van der Waals surface area contributed by atoms with Crippen molar-refractivity contribution in [3.63, 3.8) is 0 Å². The number of fused-ring (bicyclic) bond motifs is 1. The number of rotatable bonds is 1. The molecule has 1 heteroatoms. The van der Waals surface area contributed by atoms with E-state index in [9.17, 15) is 0 Å². The van der Waals surface area contributed by atoms with E-state index < -0.39 is 0 Å². The van der Waals surface area contributed by atoms with Crippen LogP contribution in [0.5, 0.6) is 0 Å². The number of nitrogens with one attached hydrogen (secondary N) is 1. The van der Waals surface area contributed by atoms with Crippen LogP contribution in [-0.2, 0) is 0 Å². The van der Waals surface area contributed by atoms with Crippen LogP contribution < -0.4 is 0 Å². The van der Waals surface area contributed by atoms with Crippen LogP contribution in [0.4, 0.5) is 0 Å². The van der Waals surface area contributed by atoms with Gasteiger partial charge >= 0.3 is 0 Å². The molecule has 0 amide bonds. The van der Waals surface area contributed by atoms with Crippen LogP contribution in [0.15, 0.2) is 24.8 Å². The van der Waals surface area contributed by atoms with Crippen LogP contribution in [0, 0.1) is 13.8 Å². The third-order valence-corrected chi connectivity index (χ3v) is 2.46.